The second kappa shape index (κ2) is 49.6. The summed E-state index contributed by atoms with van der Waals surface area (Å²) in [5.74, 6) is -7.05. The van der Waals surface area contributed by atoms with Crippen LogP contribution >= 0.6 is 0 Å². The Kier molecular flexibility index (Phi) is 44.8. The van der Waals surface area contributed by atoms with E-state index in [4.69, 9.17) is 40.9 Å². The molecule has 1 aromatic rings. The summed E-state index contributed by atoms with van der Waals surface area (Å²) in [6.45, 7) is 6.84. The van der Waals surface area contributed by atoms with Crippen molar-refractivity contribution < 1.29 is 85.1 Å². The molecule has 24 nitrogen and oxygen atoms in total. The van der Waals surface area contributed by atoms with E-state index in [1.807, 2.05) is 13.8 Å². The fourth-order valence-corrected chi connectivity index (χ4v) is 9.72. The zero-order valence-corrected chi connectivity index (χ0v) is 52.1. The number of phenols is 1. The summed E-state index contributed by atoms with van der Waals surface area (Å²) in [6.07, 6.45) is 15.1. The van der Waals surface area contributed by atoms with Crippen LogP contribution in [0.3, 0.4) is 0 Å². The van der Waals surface area contributed by atoms with Crippen molar-refractivity contribution in [3.8, 4) is 5.75 Å². The van der Waals surface area contributed by atoms with Crippen LogP contribution in [-0.2, 0) is 73.3 Å². The number of benzene rings is 1. The fourth-order valence-electron chi connectivity index (χ4n) is 9.72. The van der Waals surface area contributed by atoms with Gasteiger partial charge in [-0.1, -0.05) is 104 Å². The largest absolute Gasteiger partial charge is 0.508 e. The molecule has 0 spiro atoms. The van der Waals surface area contributed by atoms with Crippen LogP contribution in [0.25, 0.3) is 0 Å². The number of carboxylic acids is 2. The van der Waals surface area contributed by atoms with Crippen LogP contribution in [0, 0.1) is 29.1 Å². The van der Waals surface area contributed by atoms with Crippen molar-refractivity contribution in [1.29, 1.82) is 5.41 Å². The van der Waals surface area contributed by atoms with Crippen LogP contribution in [0.4, 0.5) is 0 Å². The molecule has 0 radical (unpaired) electrons. The van der Waals surface area contributed by atoms with Gasteiger partial charge in [0.05, 0.1) is 38.9 Å². The number of unbranched alkanes of at least 4 members (excludes halogenated alkanes) is 12. The third-order valence-electron chi connectivity index (χ3n) is 14.6. The number of aliphatic carboxylic acids is 2. The van der Waals surface area contributed by atoms with E-state index < -0.39 is 53.6 Å². The van der Waals surface area contributed by atoms with Gasteiger partial charge in [-0.3, -0.25) is 48.6 Å². The number of ketones is 3. The molecule has 24 heteroatoms. The van der Waals surface area contributed by atoms with Crippen molar-refractivity contribution in [2.75, 3.05) is 65.9 Å². The summed E-state index contributed by atoms with van der Waals surface area (Å²) < 4.78 is 21.8. The second-order valence-corrected chi connectivity index (χ2v) is 22.9. The normalized spacial score (nSPS) is 13.0. The zero-order valence-electron chi connectivity index (χ0n) is 52.1. The predicted octanol–water partition coefficient (Wildman–Crippen LogP) is 6.66. The smallest absolute Gasteiger partial charge is 0.326 e. The van der Waals surface area contributed by atoms with Gasteiger partial charge >= 0.3 is 11.9 Å². The Bertz CT molecular complexity index is 2210. The third kappa shape index (κ3) is 43.0. The quantitative estimate of drug-likeness (QED) is 0.0185. The van der Waals surface area contributed by atoms with Crippen molar-refractivity contribution in [3.05, 3.63) is 29.8 Å². The summed E-state index contributed by atoms with van der Waals surface area (Å²) in [6, 6.07) is 3.88. The lowest BCUT2D eigenvalue weighted by Crippen LogP contribution is -2.49. The Balaban J connectivity index is 0. The van der Waals surface area contributed by atoms with Gasteiger partial charge in [-0.2, -0.15) is 0 Å². The molecule has 0 saturated carbocycles. The van der Waals surface area contributed by atoms with Crippen molar-refractivity contribution >= 4 is 64.7 Å². The number of Topliss-reactive ketones (excluding diaryl/α,β-unsaturated/α-hetero) is 3. The van der Waals surface area contributed by atoms with E-state index in [9.17, 15) is 58.2 Å². The molecule has 0 fully saturated rings. The monoisotopic (exact) mass is 1240 g/mol. The molecule has 0 heterocycles. The molecule has 12 N–H and O–H groups in total. The van der Waals surface area contributed by atoms with Crippen molar-refractivity contribution in [2.24, 2.45) is 35.1 Å². The molecular weight excluding hydrogens is 1130 g/mol. The van der Waals surface area contributed by atoms with E-state index in [1.54, 1.807) is 19.1 Å². The van der Waals surface area contributed by atoms with Gasteiger partial charge in [0.1, 0.15) is 42.6 Å². The predicted molar refractivity (Wildman–Crippen MR) is 332 cm³/mol. The Hall–Kier alpha value is -6.37. The Morgan fingerprint density at radius 1 is 0.529 bits per heavy atom. The number of ether oxygens (including phenoxy) is 4. The molecule has 0 aliphatic rings. The number of amides is 5. The maximum Gasteiger partial charge on any atom is 0.326 e. The van der Waals surface area contributed by atoms with Crippen LogP contribution in [0.2, 0.25) is 0 Å². The first-order valence-electron chi connectivity index (χ1n) is 31.4. The highest BCUT2D eigenvalue weighted by atomic mass is 16.5. The lowest BCUT2D eigenvalue weighted by atomic mass is 9.77. The molecule has 0 aromatic heterocycles. The summed E-state index contributed by atoms with van der Waals surface area (Å²) in [5.41, 5.74) is 11.9. The maximum atomic E-state index is 14.3. The molecule has 0 bridgehead atoms. The van der Waals surface area contributed by atoms with E-state index in [0.717, 1.165) is 64.2 Å². The first-order chi connectivity index (χ1) is 41.6. The number of nitrogens with two attached hydrogens (primary N) is 2. The van der Waals surface area contributed by atoms with E-state index >= 15 is 0 Å². The summed E-state index contributed by atoms with van der Waals surface area (Å²) in [4.78, 5) is 125. The van der Waals surface area contributed by atoms with Crippen LogP contribution < -0.4 is 32.7 Å². The number of carbonyl (C=O) groups is 10. The van der Waals surface area contributed by atoms with Gasteiger partial charge in [-0.25, -0.2) is 4.79 Å². The SMILES string of the molecule is CC(C)CC(=O)C[C@@H](CCCCNC(=O)COCCOCCCC(=O)COCCOCCNC(=O)CC[C@H](NC(=O)CCCCCCCCCCCCCC(=O)O)C(=O)O)C(=O)C(C)[C@@H](CCCCC(=N)N)C(=O)N[C@@H](Cc1ccc(O)cc1)C(N)=O.[HH].[HH]. The number of hydrogen-bond acceptors (Lipinski definition) is 16. The molecule has 0 aliphatic carbocycles. The van der Waals surface area contributed by atoms with E-state index in [-0.39, 0.29) is 166 Å². The Morgan fingerprint density at radius 2 is 1.09 bits per heavy atom. The molecule has 0 aliphatic heterocycles. The molecule has 1 unspecified atom stereocenters. The number of rotatable bonds is 58. The number of nitrogens with one attached hydrogen (secondary N) is 5. The fraction of sp³-hybridized carbons (Fsp3) is 0.730. The highest BCUT2D eigenvalue weighted by Gasteiger charge is 2.36. The summed E-state index contributed by atoms with van der Waals surface area (Å²) in [7, 11) is 0. The van der Waals surface area contributed by atoms with Crippen molar-refractivity contribution in [3.63, 3.8) is 0 Å². The van der Waals surface area contributed by atoms with E-state index in [1.165, 1.54) is 12.1 Å². The lowest BCUT2D eigenvalue weighted by molar-refractivity contribution is -0.142. The minimum atomic E-state index is -1.21. The molecule has 5 atom stereocenters. The molecule has 1 rings (SSSR count). The number of primary amides is 1. The van der Waals surface area contributed by atoms with Gasteiger partial charge in [-0.05, 0) is 75.0 Å². The van der Waals surface area contributed by atoms with Crippen LogP contribution in [0.15, 0.2) is 24.3 Å². The summed E-state index contributed by atoms with van der Waals surface area (Å²) >= 11 is 0. The average Bonchev–Trinajstić information content (AvgIpc) is 3.66. The van der Waals surface area contributed by atoms with Gasteiger partial charge in [0.25, 0.3) is 0 Å². The first-order valence-corrected chi connectivity index (χ1v) is 31.4. The molecular formula is C63H109N7O17. The van der Waals surface area contributed by atoms with Gasteiger partial charge in [-0.15, -0.1) is 0 Å². The Labute approximate surface area is 517 Å². The van der Waals surface area contributed by atoms with E-state index in [2.05, 4.69) is 21.3 Å². The van der Waals surface area contributed by atoms with Gasteiger partial charge in [0.2, 0.25) is 29.5 Å². The number of aromatic hydroxyl groups is 1. The number of carboxylic acid groups (broad SMARTS) is 2. The number of hydrogen-bond donors (Lipinski definition) is 10. The van der Waals surface area contributed by atoms with Gasteiger partial charge < -0.3 is 67.0 Å². The Morgan fingerprint density at radius 3 is 1.69 bits per heavy atom. The van der Waals surface area contributed by atoms with Crippen molar-refractivity contribution in [2.45, 2.75) is 206 Å². The highest BCUT2D eigenvalue weighted by molar-refractivity contribution is 5.94. The minimum absolute atomic E-state index is 0. The van der Waals surface area contributed by atoms with Crippen molar-refractivity contribution in [1.82, 2.24) is 21.3 Å². The zero-order chi connectivity index (χ0) is 64.6. The summed E-state index contributed by atoms with van der Waals surface area (Å²) in [5, 5.41) is 46.2. The third-order valence-corrected chi connectivity index (χ3v) is 14.6. The van der Waals surface area contributed by atoms with E-state index in [0.29, 0.717) is 70.1 Å². The first kappa shape index (κ1) is 78.6. The lowest BCUT2D eigenvalue weighted by Gasteiger charge is -2.28. The topological polar surface area (TPSA) is 392 Å². The number of phenolic OH excluding ortho intramolecular Hbond substituents is 1. The molecule has 87 heavy (non-hydrogen) atoms. The van der Waals surface area contributed by atoms with Gasteiger partial charge in [0, 0.05) is 91.7 Å². The molecule has 1 aromatic carbocycles. The second-order valence-electron chi connectivity index (χ2n) is 22.9. The van der Waals surface area contributed by atoms with Crippen LogP contribution in [-0.4, -0.2) is 158 Å². The van der Waals surface area contributed by atoms with Crippen LogP contribution in [0.5, 0.6) is 5.75 Å². The average molecular weight is 1240 g/mol. The number of amidine groups is 1. The highest BCUT2D eigenvalue weighted by Crippen LogP contribution is 2.28. The van der Waals surface area contributed by atoms with Crippen LogP contribution in [0.1, 0.15) is 196 Å². The minimum Gasteiger partial charge on any atom is -0.508 e. The van der Waals surface area contributed by atoms with Gasteiger partial charge in [0.15, 0.2) is 5.78 Å². The molecule has 0 saturated heterocycles. The maximum absolute atomic E-state index is 14.3. The molecule has 5 amide bonds. The standard InChI is InChI=1S/C63H105N7O17.2H2/c1-45(2)40-51(73)42-48(60(79)46(3)52(22-15-16-23-55(64)65)62(81)70-54(61(66)80)41-47-26-28-49(71)29-27-47)20-17-18-32-67-58(76)44-87-39-36-84-34-19-21-50(72)43-86-38-37-85-35-33-68-56(74)31-30-53(63(82)83)69-57(75)24-13-11-9-7-5-4-6-8-10-12-14-25-59(77)78;;/h26-29,45-46,48,52-54,71H,4-25,30-44H2,1-3H3,(H3,64,65)(H2,66,80)(H,67,76)(H,68,74)(H,69,75)(H,70,81)(H,77,78)(H,82,83);2*1H/t46?,48-,52-,53+,54+;;/m1../s1. The molecule has 498 valence electrons. The number of carbonyl (C=O) groups excluding carboxylic acids is 8.